The Morgan fingerprint density at radius 3 is 1.07 bits per heavy atom. The molecule has 4 atom stereocenters. The summed E-state index contributed by atoms with van der Waals surface area (Å²) in [6.07, 6.45) is 0. The molecule has 0 heterocycles. The first-order valence-electron chi connectivity index (χ1n) is 2.52. The summed E-state index contributed by atoms with van der Waals surface area (Å²) in [4.78, 5) is 0. The van der Waals surface area contributed by atoms with Crippen LogP contribution >= 0.6 is 0 Å². The second-order valence-electron chi connectivity index (χ2n) is 1.29. The maximum absolute atomic E-state index is 3.61. The van der Waals surface area contributed by atoms with Crippen LogP contribution in [-0.2, 0) is 0 Å². The molecular weight excluding hydrogens is 1170 g/mol. The first kappa shape index (κ1) is 22.9. The van der Waals surface area contributed by atoms with Gasteiger partial charge in [-0.2, -0.15) is 0 Å². The Morgan fingerprint density at radius 1 is 0.533 bits per heavy atom. The van der Waals surface area contributed by atoms with Gasteiger partial charge in [-0.1, -0.05) is 0 Å². The minimum atomic E-state index is -0.392. The number of rotatable bonds is 8. The summed E-state index contributed by atoms with van der Waals surface area (Å²) in [6.45, 7) is 0. The van der Waals surface area contributed by atoms with Crippen molar-refractivity contribution in [2.75, 3.05) is 0 Å². The summed E-state index contributed by atoms with van der Waals surface area (Å²) >= 11 is 22.5. The van der Waals surface area contributed by atoms with Crippen molar-refractivity contribution in [1.82, 2.24) is 0 Å². The third-order valence-electron chi connectivity index (χ3n) is 0.522. The van der Waals surface area contributed by atoms with Gasteiger partial charge in [0.05, 0.1) is 0 Å². The van der Waals surface area contributed by atoms with E-state index in [1.54, 1.807) is 0 Å². The summed E-state index contributed by atoms with van der Waals surface area (Å²) < 4.78 is 0. The van der Waals surface area contributed by atoms with Crippen LogP contribution in [0.4, 0.5) is 0 Å². The first-order valence-corrected chi connectivity index (χ1v) is 68.2. The monoisotopic (exact) mass is 1180 g/mol. The van der Waals surface area contributed by atoms with Crippen molar-refractivity contribution in [2.45, 2.75) is 0 Å². The summed E-state index contributed by atoms with van der Waals surface area (Å²) in [5.74, 6) is 0. The molecule has 0 bridgehead atoms. The molecule has 0 aliphatic rings. The zero-order valence-corrected chi connectivity index (χ0v) is 32.6. The van der Waals surface area contributed by atoms with Gasteiger partial charge >= 0.3 is 176 Å². The molecular formula is As4Se11. The SMILES string of the molecule is [Se][Se][As]([Se])[Se][As]([Se])[Se][As]([Se])[Se][As]([Se])[Se][Se]. The zero-order valence-electron chi connectivity index (χ0n) is 6.28. The van der Waals surface area contributed by atoms with Crippen LogP contribution in [-0.4, -0.2) is 176 Å². The van der Waals surface area contributed by atoms with Crippen molar-refractivity contribution in [3.63, 3.8) is 0 Å². The molecule has 0 amide bonds. The van der Waals surface area contributed by atoms with Crippen LogP contribution in [0.1, 0.15) is 0 Å². The van der Waals surface area contributed by atoms with Crippen LogP contribution in [0.5, 0.6) is 0 Å². The van der Waals surface area contributed by atoms with Crippen molar-refractivity contribution >= 4 is 176 Å². The topological polar surface area (TPSA) is 0 Å². The van der Waals surface area contributed by atoms with E-state index in [0.717, 1.165) is 55.1 Å². The van der Waals surface area contributed by atoms with Gasteiger partial charge in [0.1, 0.15) is 0 Å². The van der Waals surface area contributed by atoms with Crippen molar-refractivity contribution in [1.29, 1.82) is 0 Å². The molecule has 0 aromatic rings. The maximum atomic E-state index is 3.61. The zero-order chi connectivity index (χ0) is 11.8. The predicted octanol–water partition coefficient (Wildman–Crippen LogP) is -5.71. The van der Waals surface area contributed by atoms with Gasteiger partial charge in [-0.3, -0.25) is 0 Å². The van der Waals surface area contributed by atoms with Crippen LogP contribution in [0, 0.1) is 0 Å². The fourth-order valence-electron chi connectivity index (χ4n) is 0.220. The van der Waals surface area contributed by atoms with E-state index in [1.807, 2.05) is 0 Å². The molecule has 0 aliphatic carbocycles. The molecule has 4 unspecified atom stereocenters. The Hall–Kier alpha value is 7.95. The molecule has 15 heavy (non-hydrogen) atoms. The van der Waals surface area contributed by atoms with Crippen molar-refractivity contribution in [2.24, 2.45) is 0 Å². The second kappa shape index (κ2) is 15.5. The molecule has 6 radical (unpaired) electrons. The van der Waals surface area contributed by atoms with Crippen LogP contribution in [0.3, 0.4) is 0 Å². The normalized spacial score (nSPS) is 19.6. The van der Waals surface area contributed by atoms with Crippen LogP contribution in [0.25, 0.3) is 0 Å². The van der Waals surface area contributed by atoms with Gasteiger partial charge < -0.3 is 0 Å². The summed E-state index contributed by atoms with van der Waals surface area (Å²) in [5.41, 5.74) is 0. The second-order valence-corrected chi connectivity index (χ2v) is 181. The van der Waals surface area contributed by atoms with Crippen LogP contribution < -0.4 is 0 Å². The fraction of sp³-hybridized carbons (Fsp3) is 0. The summed E-state index contributed by atoms with van der Waals surface area (Å²) in [5, 5.41) is 0. The van der Waals surface area contributed by atoms with Crippen molar-refractivity contribution < 1.29 is 0 Å². The molecule has 0 aromatic carbocycles. The molecule has 0 spiro atoms. The van der Waals surface area contributed by atoms with E-state index in [1.165, 1.54) is 0 Å². The minimum absolute atomic E-state index is 0.387. The van der Waals surface area contributed by atoms with E-state index in [2.05, 4.69) is 84.4 Å². The molecule has 0 N–H and O–H groups in total. The van der Waals surface area contributed by atoms with E-state index in [-0.39, 0.29) is 18.0 Å². The Bertz CT molecular complexity index is 136. The van der Waals surface area contributed by atoms with Crippen molar-refractivity contribution in [3.05, 3.63) is 0 Å². The number of hydrogen-bond acceptors (Lipinski definition) is 0. The Morgan fingerprint density at radius 2 is 0.800 bits per heavy atom. The fourth-order valence-corrected chi connectivity index (χ4v) is 835. The van der Waals surface area contributed by atoms with E-state index in [4.69, 9.17) is 0 Å². The predicted molar refractivity (Wildman–Crippen MR) is 86.3 cm³/mol. The molecule has 0 aliphatic heterocycles. The molecule has 0 saturated heterocycles. The van der Waals surface area contributed by atoms with E-state index in [0.29, 0.717) is 0 Å². The Labute approximate surface area is 170 Å². The Kier molecular flexibility index (Phi) is 23.7. The average molecular weight is 1170 g/mol. The molecule has 0 nitrogen and oxygen atoms in total. The summed E-state index contributed by atoms with van der Waals surface area (Å²) in [7, 11) is 1.75. The third kappa shape index (κ3) is 15.2. The average Bonchev–Trinajstić information content (AvgIpc) is 2.16. The van der Waals surface area contributed by atoms with Gasteiger partial charge in [-0.15, -0.1) is 0 Å². The van der Waals surface area contributed by atoms with Gasteiger partial charge in [-0.25, -0.2) is 0 Å². The van der Waals surface area contributed by atoms with E-state index >= 15 is 0 Å². The van der Waals surface area contributed by atoms with Gasteiger partial charge in [-0.05, 0) is 0 Å². The Balaban J connectivity index is 3.70. The quantitative estimate of drug-likeness (QED) is 0.213. The van der Waals surface area contributed by atoms with Gasteiger partial charge in [0, 0.05) is 0 Å². The summed E-state index contributed by atoms with van der Waals surface area (Å²) in [6, 6.07) is 0. The van der Waals surface area contributed by atoms with Crippen molar-refractivity contribution in [3.8, 4) is 0 Å². The molecule has 0 fully saturated rings. The van der Waals surface area contributed by atoms with Crippen LogP contribution in [0.2, 0.25) is 0 Å². The molecule has 86 valence electrons. The van der Waals surface area contributed by atoms with E-state index in [9.17, 15) is 0 Å². The van der Waals surface area contributed by atoms with Gasteiger partial charge in [0.25, 0.3) is 0 Å². The van der Waals surface area contributed by atoms with Crippen LogP contribution in [0.15, 0.2) is 0 Å². The first-order chi connectivity index (χ1) is 6.99. The van der Waals surface area contributed by atoms with Gasteiger partial charge in [0.2, 0.25) is 0 Å². The number of hydrogen-bond donors (Lipinski definition) is 0. The van der Waals surface area contributed by atoms with E-state index < -0.39 is 18.0 Å². The molecule has 0 rings (SSSR count). The standard InChI is InChI=1S/As4Se11/c5-1(12-3(7)14-9)11-2(6)13-4(8)15-10. The molecule has 15 heteroatoms. The molecule has 0 saturated carbocycles. The van der Waals surface area contributed by atoms with Gasteiger partial charge in [0.15, 0.2) is 0 Å². The third-order valence-corrected chi connectivity index (χ3v) is 380. The molecule has 0 aromatic heterocycles.